The number of oxazole rings is 1. The van der Waals surface area contributed by atoms with E-state index in [1.54, 1.807) is 17.8 Å². The third-order valence-electron chi connectivity index (χ3n) is 2.17. The zero-order chi connectivity index (χ0) is 12.4. The Morgan fingerprint density at radius 1 is 1.65 bits per heavy atom. The molecule has 0 aliphatic rings. The maximum Gasteiger partial charge on any atom is 0.301 e. The third kappa shape index (κ3) is 2.27. The van der Waals surface area contributed by atoms with Crippen LogP contribution in [0.4, 0.5) is 11.7 Å². The molecular formula is C10H13N5O2. The highest BCUT2D eigenvalue weighted by molar-refractivity contribution is 6.05. The Kier molecular flexibility index (Phi) is 2.82. The van der Waals surface area contributed by atoms with Gasteiger partial charge in [-0.15, -0.1) is 0 Å². The molecule has 90 valence electrons. The highest BCUT2D eigenvalue weighted by Crippen LogP contribution is 2.12. The first-order valence-electron chi connectivity index (χ1n) is 5.16. The van der Waals surface area contributed by atoms with Crippen molar-refractivity contribution in [1.82, 2.24) is 14.8 Å². The van der Waals surface area contributed by atoms with Crippen LogP contribution in [-0.4, -0.2) is 20.7 Å². The van der Waals surface area contributed by atoms with E-state index in [-0.39, 0.29) is 11.7 Å². The Hall–Kier alpha value is -2.31. The molecule has 0 atom stereocenters. The zero-order valence-corrected chi connectivity index (χ0v) is 9.60. The monoisotopic (exact) mass is 235 g/mol. The number of nitrogen functional groups attached to an aromatic ring is 1. The molecule has 0 fully saturated rings. The number of aryl methyl sites for hydroxylation is 2. The van der Waals surface area contributed by atoms with Crippen LogP contribution in [0.25, 0.3) is 0 Å². The van der Waals surface area contributed by atoms with E-state index < -0.39 is 5.91 Å². The number of carbonyl (C=O) groups is 1. The highest BCUT2D eigenvalue weighted by atomic mass is 16.4. The number of nitrogens with zero attached hydrogens (tertiary/aromatic N) is 3. The van der Waals surface area contributed by atoms with Gasteiger partial charge >= 0.3 is 6.01 Å². The molecule has 17 heavy (non-hydrogen) atoms. The standard InChI is InChI=1S/C10H13N5O2/c1-3-15-4-7(11)8(14-15)9(16)13-10-12-6(2)5-17-10/h4-5H,3,11H2,1-2H3,(H,12,13,16). The van der Waals surface area contributed by atoms with Gasteiger partial charge in [0.15, 0.2) is 5.69 Å². The summed E-state index contributed by atoms with van der Waals surface area (Å²) in [5.74, 6) is -0.434. The third-order valence-corrected chi connectivity index (χ3v) is 2.17. The average molecular weight is 235 g/mol. The van der Waals surface area contributed by atoms with Gasteiger partial charge in [0.2, 0.25) is 0 Å². The molecular weight excluding hydrogens is 222 g/mol. The molecule has 2 heterocycles. The lowest BCUT2D eigenvalue weighted by atomic mass is 10.3. The Morgan fingerprint density at radius 2 is 2.41 bits per heavy atom. The van der Waals surface area contributed by atoms with Gasteiger partial charge in [-0.25, -0.2) is 0 Å². The summed E-state index contributed by atoms with van der Waals surface area (Å²) < 4.78 is 6.60. The molecule has 7 heteroatoms. The van der Waals surface area contributed by atoms with Gasteiger partial charge in [0.1, 0.15) is 6.26 Å². The molecule has 0 spiro atoms. The smallest absolute Gasteiger partial charge is 0.301 e. The van der Waals surface area contributed by atoms with E-state index in [1.165, 1.54) is 6.26 Å². The molecule has 0 aromatic carbocycles. The Balaban J connectivity index is 2.16. The molecule has 2 rings (SSSR count). The first-order valence-corrected chi connectivity index (χ1v) is 5.16. The second kappa shape index (κ2) is 4.28. The van der Waals surface area contributed by atoms with Crippen LogP contribution < -0.4 is 11.1 Å². The number of anilines is 2. The Labute approximate surface area is 97.6 Å². The van der Waals surface area contributed by atoms with E-state index in [4.69, 9.17) is 10.2 Å². The molecule has 0 unspecified atom stereocenters. The summed E-state index contributed by atoms with van der Waals surface area (Å²) in [6.45, 7) is 4.32. The highest BCUT2D eigenvalue weighted by Gasteiger charge is 2.16. The molecule has 0 saturated carbocycles. The van der Waals surface area contributed by atoms with Crippen molar-refractivity contribution in [1.29, 1.82) is 0 Å². The summed E-state index contributed by atoms with van der Waals surface area (Å²) in [6, 6.07) is 0.137. The molecule has 7 nitrogen and oxygen atoms in total. The first kappa shape index (κ1) is 11.2. The van der Waals surface area contributed by atoms with Crippen molar-refractivity contribution in [2.24, 2.45) is 0 Å². The fourth-order valence-electron chi connectivity index (χ4n) is 1.34. The van der Waals surface area contributed by atoms with Crippen molar-refractivity contribution in [3.63, 3.8) is 0 Å². The Bertz CT molecular complexity index is 543. The SMILES string of the molecule is CCn1cc(N)c(C(=O)Nc2nc(C)co2)n1. The second-order valence-electron chi connectivity index (χ2n) is 3.54. The number of carbonyl (C=O) groups excluding carboxylic acids is 1. The average Bonchev–Trinajstić information content (AvgIpc) is 2.85. The summed E-state index contributed by atoms with van der Waals surface area (Å²) in [7, 11) is 0. The predicted octanol–water partition coefficient (Wildman–Crippen LogP) is 1.03. The van der Waals surface area contributed by atoms with E-state index in [0.717, 1.165) is 0 Å². The van der Waals surface area contributed by atoms with E-state index in [9.17, 15) is 4.79 Å². The Morgan fingerprint density at radius 3 is 2.94 bits per heavy atom. The van der Waals surface area contributed by atoms with Crippen LogP contribution in [0.3, 0.4) is 0 Å². The number of rotatable bonds is 3. The largest absolute Gasteiger partial charge is 0.432 e. The van der Waals surface area contributed by atoms with Crippen molar-refractivity contribution < 1.29 is 9.21 Å². The molecule has 1 amide bonds. The van der Waals surface area contributed by atoms with Gasteiger partial charge in [-0.3, -0.25) is 14.8 Å². The normalized spacial score (nSPS) is 10.5. The van der Waals surface area contributed by atoms with Crippen molar-refractivity contribution in [2.45, 2.75) is 20.4 Å². The van der Waals surface area contributed by atoms with Crippen molar-refractivity contribution >= 4 is 17.6 Å². The lowest BCUT2D eigenvalue weighted by molar-refractivity contribution is 0.101. The minimum atomic E-state index is -0.434. The van der Waals surface area contributed by atoms with Gasteiger partial charge in [0.25, 0.3) is 5.91 Å². The van der Waals surface area contributed by atoms with Gasteiger partial charge in [-0.2, -0.15) is 10.1 Å². The maximum atomic E-state index is 11.8. The van der Waals surface area contributed by atoms with Gasteiger partial charge in [-0.1, -0.05) is 0 Å². The number of amides is 1. The number of aromatic nitrogens is 3. The molecule has 0 aliphatic carbocycles. The van der Waals surface area contributed by atoms with Crippen LogP contribution in [-0.2, 0) is 6.54 Å². The van der Waals surface area contributed by atoms with E-state index in [2.05, 4.69) is 15.4 Å². The molecule has 2 aromatic rings. The van der Waals surface area contributed by atoms with Crippen molar-refractivity contribution in [2.75, 3.05) is 11.1 Å². The fourth-order valence-corrected chi connectivity index (χ4v) is 1.34. The molecule has 2 aromatic heterocycles. The van der Waals surface area contributed by atoms with Crippen LogP contribution in [0.5, 0.6) is 0 Å². The van der Waals surface area contributed by atoms with Gasteiger partial charge in [0.05, 0.1) is 11.4 Å². The van der Waals surface area contributed by atoms with Gasteiger partial charge < -0.3 is 10.2 Å². The van der Waals surface area contributed by atoms with Gasteiger partial charge in [-0.05, 0) is 13.8 Å². The predicted molar refractivity (Wildman–Crippen MR) is 61.5 cm³/mol. The first-order chi connectivity index (χ1) is 8.10. The molecule has 0 saturated heterocycles. The lowest BCUT2D eigenvalue weighted by Gasteiger charge is -1.97. The number of nitrogens with one attached hydrogen (secondary N) is 1. The molecule has 0 aliphatic heterocycles. The second-order valence-corrected chi connectivity index (χ2v) is 3.54. The quantitative estimate of drug-likeness (QED) is 0.827. The minimum absolute atomic E-state index is 0.137. The number of nitrogens with two attached hydrogens (primary N) is 1. The van der Waals surface area contributed by atoms with Gasteiger partial charge in [0, 0.05) is 12.7 Å². The summed E-state index contributed by atoms with van der Waals surface area (Å²) in [6.07, 6.45) is 3.05. The van der Waals surface area contributed by atoms with Crippen LogP contribution in [0, 0.1) is 6.92 Å². The van der Waals surface area contributed by atoms with E-state index in [0.29, 0.717) is 17.9 Å². The van der Waals surface area contributed by atoms with Crippen molar-refractivity contribution in [3.05, 3.63) is 23.8 Å². The van der Waals surface area contributed by atoms with Crippen LogP contribution in [0.2, 0.25) is 0 Å². The summed E-state index contributed by atoms with van der Waals surface area (Å²) >= 11 is 0. The lowest BCUT2D eigenvalue weighted by Crippen LogP contribution is -2.15. The topological polar surface area (TPSA) is 99.0 Å². The summed E-state index contributed by atoms with van der Waals surface area (Å²) in [5.41, 5.74) is 6.86. The number of hydrogen-bond acceptors (Lipinski definition) is 5. The molecule has 0 radical (unpaired) electrons. The minimum Gasteiger partial charge on any atom is -0.432 e. The number of hydrogen-bond donors (Lipinski definition) is 2. The summed E-state index contributed by atoms with van der Waals surface area (Å²) in [4.78, 5) is 15.8. The van der Waals surface area contributed by atoms with E-state index in [1.807, 2.05) is 6.92 Å². The van der Waals surface area contributed by atoms with Crippen LogP contribution >= 0.6 is 0 Å². The summed E-state index contributed by atoms with van der Waals surface area (Å²) in [5, 5.41) is 6.53. The molecule has 0 bridgehead atoms. The maximum absolute atomic E-state index is 11.8. The van der Waals surface area contributed by atoms with E-state index >= 15 is 0 Å². The van der Waals surface area contributed by atoms with Crippen LogP contribution in [0.15, 0.2) is 16.9 Å². The fraction of sp³-hybridized carbons (Fsp3) is 0.300. The van der Waals surface area contributed by atoms with Crippen molar-refractivity contribution in [3.8, 4) is 0 Å². The molecule has 3 N–H and O–H groups in total. The van der Waals surface area contributed by atoms with Crippen LogP contribution in [0.1, 0.15) is 23.1 Å². The zero-order valence-electron chi connectivity index (χ0n) is 9.60.